The molecular formula is C15H27N3O2. The van der Waals surface area contributed by atoms with Gasteiger partial charge in [0.2, 0.25) is 11.8 Å². The Balaban J connectivity index is 1.78. The van der Waals surface area contributed by atoms with Gasteiger partial charge in [-0.25, -0.2) is 0 Å². The van der Waals surface area contributed by atoms with Crippen LogP contribution in [0.2, 0.25) is 0 Å². The molecule has 0 aromatic carbocycles. The predicted molar refractivity (Wildman–Crippen MR) is 78.0 cm³/mol. The number of amides is 2. The maximum absolute atomic E-state index is 12.4. The van der Waals surface area contributed by atoms with Crippen molar-refractivity contribution in [3.8, 4) is 0 Å². The first-order valence-electron chi connectivity index (χ1n) is 7.82. The zero-order chi connectivity index (χ0) is 14.8. The fourth-order valence-corrected chi connectivity index (χ4v) is 2.88. The lowest BCUT2D eigenvalue weighted by atomic mass is 9.94. The molecule has 5 nitrogen and oxygen atoms in total. The molecule has 3 N–H and O–H groups in total. The molecule has 2 aliphatic rings. The maximum Gasteiger partial charge on any atom is 0.242 e. The van der Waals surface area contributed by atoms with Crippen LogP contribution in [0.4, 0.5) is 0 Å². The molecule has 0 spiro atoms. The zero-order valence-corrected chi connectivity index (χ0v) is 12.7. The van der Waals surface area contributed by atoms with E-state index in [0.29, 0.717) is 19.5 Å². The van der Waals surface area contributed by atoms with E-state index in [1.54, 1.807) is 0 Å². The van der Waals surface area contributed by atoms with Gasteiger partial charge in [0.1, 0.15) is 0 Å². The molecule has 2 fully saturated rings. The van der Waals surface area contributed by atoms with Crippen molar-refractivity contribution >= 4 is 11.8 Å². The molecule has 1 saturated carbocycles. The standard InChI is InChI=1S/C15H27N3O2/c1-3-8-15(2,16)14(20)18-9-6-12(7-10-18)17-13(19)11-4-5-11/h11-12H,3-10,16H2,1-2H3,(H,17,19). The minimum atomic E-state index is -0.751. The number of carbonyl (C=O) groups is 2. The number of carbonyl (C=O) groups excluding carboxylic acids is 2. The third-order valence-corrected chi connectivity index (χ3v) is 4.33. The van der Waals surface area contributed by atoms with E-state index in [0.717, 1.165) is 32.1 Å². The minimum Gasteiger partial charge on any atom is -0.353 e. The second kappa shape index (κ2) is 6.12. The number of nitrogens with two attached hydrogens (primary N) is 1. The molecule has 1 aliphatic carbocycles. The summed E-state index contributed by atoms with van der Waals surface area (Å²) in [5, 5.41) is 3.10. The van der Waals surface area contributed by atoms with Gasteiger partial charge in [-0.2, -0.15) is 0 Å². The van der Waals surface area contributed by atoms with E-state index >= 15 is 0 Å². The van der Waals surface area contributed by atoms with E-state index in [9.17, 15) is 9.59 Å². The van der Waals surface area contributed by atoms with E-state index in [1.165, 1.54) is 0 Å². The number of rotatable bonds is 5. The number of likely N-dealkylation sites (tertiary alicyclic amines) is 1. The largest absolute Gasteiger partial charge is 0.353 e. The van der Waals surface area contributed by atoms with Crippen LogP contribution < -0.4 is 11.1 Å². The fourth-order valence-electron chi connectivity index (χ4n) is 2.88. The third-order valence-electron chi connectivity index (χ3n) is 4.33. The van der Waals surface area contributed by atoms with Crippen LogP contribution in [0, 0.1) is 5.92 Å². The molecule has 0 aromatic heterocycles. The second-order valence-corrected chi connectivity index (χ2v) is 6.52. The van der Waals surface area contributed by atoms with E-state index in [4.69, 9.17) is 5.73 Å². The first-order chi connectivity index (χ1) is 9.44. The summed E-state index contributed by atoms with van der Waals surface area (Å²) in [5.41, 5.74) is 5.35. The van der Waals surface area contributed by atoms with Crippen molar-refractivity contribution in [3.63, 3.8) is 0 Å². The molecule has 114 valence electrons. The van der Waals surface area contributed by atoms with Crippen molar-refractivity contribution < 1.29 is 9.59 Å². The van der Waals surface area contributed by atoms with Crippen LogP contribution in [-0.4, -0.2) is 41.4 Å². The first kappa shape index (κ1) is 15.3. The fraction of sp³-hybridized carbons (Fsp3) is 0.867. The summed E-state index contributed by atoms with van der Waals surface area (Å²) in [6.07, 6.45) is 5.37. The van der Waals surface area contributed by atoms with Crippen molar-refractivity contribution in [1.82, 2.24) is 10.2 Å². The van der Waals surface area contributed by atoms with Gasteiger partial charge in [-0.15, -0.1) is 0 Å². The van der Waals surface area contributed by atoms with Gasteiger partial charge in [0.15, 0.2) is 0 Å². The first-order valence-corrected chi connectivity index (χ1v) is 7.82. The number of piperidine rings is 1. The van der Waals surface area contributed by atoms with Crippen molar-refractivity contribution in [2.24, 2.45) is 11.7 Å². The smallest absolute Gasteiger partial charge is 0.242 e. The predicted octanol–water partition coefficient (Wildman–Crippen LogP) is 1.02. The van der Waals surface area contributed by atoms with Crippen LogP contribution in [0.5, 0.6) is 0 Å². The van der Waals surface area contributed by atoms with Crippen LogP contribution >= 0.6 is 0 Å². The lowest BCUT2D eigenvalue weighted by Crippen LogP contribution is -2.56. The quantitative estimate of drug-likeness (QED) is 0.790. The Morgan fingerprint density at radius 2 is 1.85 bits per heavy atom. The number of hydrogen-bond acceptors (Lipinski definition) is 3. The highest BCUT2D eigenvalue weighted by atomic mass is 16.2. The molecule has 20 heavy (non-hydrogen) atoms. The number of nitrogens with zero attached hydrogens (tertiary/aromatic N) is 1. The van der Waals surface area contributed by atoms with Crippen molar-refractivity contribution in [2.75, 3.05) is 13.1 Å². The lowest BCUT2D eigenvalue weighted by Gasteiger charge is -2.37. The molecule has 2 amide bonds. The van der Waals surface area contributed by atoms with Crippen LogP contribution in [0.15, 0.2) is 0 Å². The molecule has 0 radical (unpaired) electrons. The van der Waals surface area contributed by atoms with Crippen LogP contribution in [-0.2, 0) is 9.59 Å². The van der Waals surface area contributed by atoms with Crippen molar-refractivity contribution in [1.29, 1.82) is 0 Å². The van der Waals surface area contributed by atoms with Crippen LogP contribution in [0.3, 0.4) is 0 Å². The SMILES string of the molecule is CCCC(C)(N)C(=O)N1CCC(NC(=O)C2CC2)CC1. The highest BCUT2D eigenvalue weighted by Gasteiger charge is 2.35. The topological polar surface area (TPSA) is 75.4 Å². The Kier molecular flexibility index (Phi) is 4.68. The molecule has 1 unspecified atom stereocenters. The van der Waals surface area contributed by atoms with Crippen LogP contribution in [0.1, 0.15) is 52.4 Å². The highest BCUT2D eigenvalue weighted by molar-refractivity contribution is 5.86. The van der Waals surface area contributed by atoms with Gasteiger partial charge < -0.3 is 16.0 Å². The van der Waals surface area contributed by atoms with E-state index in [-0.39, 0.29) is 23.8 Å². The van der Waals surface area contributed by atoms with E-state index in [1.807, 2.05) is 18.7 Å². The summed E-state index contributed by atoms with van der Waals surface area (Å²) < 4.78 is 0. The summed E-state index contributed by atoms with van der Waals surface area (Å²) in [6, 6.07) is 0.224. The van der Waals surface area contributed by atoms with Gasteiger partial charge in [0.05, 0.1) is 5.54 Å². The Labute approximate surface area is 121 Å². The second-order valence-electron chi connectivity index (χ2n) is 6.52. The molecule has 1 saturated heterocycles. The molecule has 1 heterocycles. The Morgan fingerprint density at radius 1 is 1.25 bits per heavy atom. The van der Waals surface area contributed by atoms with E-state index in [2.05, 4.69) is 5.32 Å². The molecule has 1 atom stereocenters. The molecule has 1 aliphatic heterocycles. The monoisotopic (exact) mass is 281 g/mol. The molecule has 2 rings (SSSR count). The highest BCUT2D eigenvalue weighted by Crippen LogP contribution is 2.29. The summed E-state index contributed by atoms with van der Waals surface area (Å²) in [4.78, 5) is 25.9. The number of hydrogen-bond donors (Lipinski definition) is 2. The van der Waals surface area contributed by atoms with Crippen molar-refractivity contribution in [2.45, 2.75) is 64.0 Å². The summed E-state index contributed by atoms with van der Waals surface area (Å²) in [5.74, 6) is 0.502. The Hall–Kier alpha value is -1.10. The third kappa shape index (κ3) is 3.72. The van der Waals surface area contributed by atoms with Gasteiger partial charge >= 0.3 is 0 Å². The molecule has 5 heteroatoms. The molecule has 0 aromatic rings. The Bertz CT molecular complexity index is 369. The average molecular weight is 281 g/mol. The van der Waals surface area contributed by atoms with Gasteiger partial charge in [0, 0.05) is 25.0 Å². The summed E-state index contributed by atoms with van der Waals surface area (Å²) in [7, 11) is 0. The van der Waals surface area contributed by atoms with Gasteiger partial charge in [-0.1, -0.05) is 13.3 Å². The van der Waals surface area contributed by atoms with Gasteiger partial charge in [0.25, 0.3) is 0 Å². The zero-order valence-electron chi connectivity index (χ0n) is 12.7. The average Bonchev–Trinajstić information content (AvgIpc) is 3.23. The van der Waals surface area contributed by atoms with Crippen molar-refractivity contribution in [3.05, 3.63) is 0 Å². The van der Waals surface area contributed by atoms with Gasteiger partial charge in [-0.05, 0) is 39.0 Å². The van der Waals surface area contributed by atoms with Gasteiger partial charge in [-0.3, -0.25) is 9.59 Å². The maximum atomic E-state index is 12.4. The molecule has 0 bridgehead atoms. The van der Waals surface area contributed by atoms with Crippen LogP contribution in [0.25, 0.3) is 0 Å². The number of nitrogens with one attached hydrogen (secondary N) is 1. The summed E-state index contributed by atoms with van der Waals surface area (Å²) in [6.45, 7) is 5.26. The normalized spacial score (nSPS) is 23.2. The molecular weight excluding hydrogens is 254 g/mol. The van der Waals surface area contributed by atoms with E-state index < -0.39 is 5.54 Å². The Morgan fingerprint density at radius 3 is 2.35 bits per heavy atom. The summed E-state index contributed by atoms with van der Waals surface area (Å²) >= 11 is 0. The lowest BCUT2D eigenvalue weighted by molar-refractivity contribution is -0.137. The minimum absolute atomic E-state index is 0.0475.